The van der Waals surface area contributed by atoms with Crippen LogP contribution in [0, 0.1) is 0 Å². The summed E-state index contributed by atoms with van der Waals surface area (Å²) in [7, 11) is 0. The van der Waals surface area contributed by atoms with Crippen molar-refractivity contribution < 1.29 is 40.2 Å². The molecular formula is C10H12Br2O4Pd. The molecule has 0 rings (SSSR count). The second-order valence-electron chi connectivity index (χ2n) is 2.85. The van der Waals surface area contributed by atoms with Crippen molar-refractivity contribution in [3.63, 3.8) is 0 Å². The number of hydrogen-bond donors (Lipinski definition) is 0. The predicted octanol–water partition coefficient (Wildman–Crippen LogP) is 1.12. The number of halogens is 2. The molecule has 0 aromatic rings. The zero-order valence-electron chi connectivity index (χ0n) is 9.71. The molecule has 0 radical (unpaired) electrons. The molecule has 0 aliphatic rings. The van der Waals surface area contributed by atoms with Crippen molar-refractivity contribution in [3.8, 4) is 0 Å². The maximum absolute atomic E-state index is 10.3. The van der Waals surface area contributed by atoms with E-state index in [-0.39, 0.29) is 52.5 Å². The first-order chi connectivity index (χ1) is 7.11. The molecule has 0 heterocycles. The first-order valence-corrected chi connectivity index (χ1v) is 5.78. The van der Waals surface area contributed by atoms with Crippen LogP contribution < -0.4 is 10.2 Å². The first kappa shape index (κ1) is 22.2. The Labute approximate surface area is 131 Å². The molecule has 0 aromatic carbocycles. The van der Waals surface area contributed by atoms with E-state index in [2.05, 4.69) is 31.9 Å². The average molecular weight is 462 g/mol. The number of carbonyl (C=O) groups is 2. The van der Waals surface area contributed by atoms with Crippen LogP contribution >= 0.6 is 31.9 Å². The van der Waals surface area contributed by atoms with Gasteiger partial charge in [0.1, 0.15) is 0 Å². The van der Waals surface area contributed by atoms with Crippen LogP contribution in [0.25, 0.3) is 0 Å². The van der Waals surface area contributed by atoms with E-state index < -0.39 is 0 Å². The van der Waals surface area contributed by atoms with Crippen LogP contribution in [0.1, 0.15) is 27.7 Å². The van der Waals surface area contributed by atoms with Gasteiger partial charge in [-0.3, -0.25) is 9.59 Å². The zero-order chi connectivity index (χ0) is 13.5. The van der Waals surface area contributed by atoms with E-state index in [4.69, 9.17) is 0 Å². The van der Waals surface area contributed by atoms with Crippen LogP contribution in [0.3, 0.4) is 0 Å². The van der Waals surface area contributed by atoms with Crippen molar-refractivity contribution in [2.45, 2.75) is 27.7 Å². The summed E-state index contributed by atoms with van der Waals surface area (Å²) in [5, 5.41) is 20.6. The molecular weight excluding hydrogens is 450 g/mol. The molecule has 17 heavy (non-hydrogen) atoms. The van der Waals surface area contributed by atoms with Crippen LogP contribution in [0.15, 0.2) is 20.5 Å². The Morgan fingerprint density at radius 2 is 0.941 bits per heavy atom. The maximum Gasteiger partial charge on any atom is 2.00 e. The van der Waals surface area contributed by atoms with Gasteiger partial charge in [-0.05, 0) is 45.7 Å². The van der Waals surface area contributed by atoms with Gasteiger partial charge in [0, 0.05) is 8.96 Å². The summed E-state index contributed by atoms with van der Waals surface area (Å²) in [6.45, 7) is 5.36. The van der Waals surface area contributed by atoms with Gasteiger partial charge in [-0.25, -0.2) is 0 Å². The van der Waals surface area contributed by atoms with Crippen LogP contribution in [0.2, 0.25) is 0 Å². The van der Waals surface area contributed by atoms with Crippen molar-refractivity contribution in [2.75, 3.05) is 0 Å². The fourth-order valence-electron chi connectivity index (χ4n) is 0.496. The normalized spacial score (nSPS) is 12.1. The summed E-state index contributed by atoms with van der Waals surface area (Å²) < 4.78 is 0.273. The van der Waals surface area contributed by atoms with Crippen LogP contribution in [-0.2, 0) is 30.0 Å². The molecule has 0 unspecified atom stereocenters. The van der Waals surface area contributed by atoms with Crippen molar-refractivity contribution >= 4 is 43.4 Å². The minimum Gasteiger partial charge on any atom is -0.875 e. The Morgan fingerprint density at radius 1 is 0.765 bits per heavy atom. The monoisotopic (exact) mass is 460 g/mol. The molecule has 0 fully saturated rings. The van der Waals surface area contributed by atoms with Gasteiger partial charge in [0.15, 0.2) is 11.6 Å². The number of allylic oxidation sites excluding steroid dienone is 4. The summed E-state index contributed by atoms with van der Waals surface area (Å²) >= 11 is 5.65. The maximum atomic E-state index is 10.3. The Bertz CT molecular complexity index is 306. The first-order valence-electron chi connectivity index (χ1n) is 4.19. The van der Waals surface area contributed by atoms with E-state index in [1.807, 2.05) is 0 Å². The summed E-state index contributed by atoms with van der Waals surface area (Å²) in [6, 6.07) is 0. The van der Waals surface area contributed by atoms with Gasteiger partial charge < -0.3 is 10.2 Å². The van der Waals surface area contributed by atoms with Crippen LogP contribution in [0.5, 0.6) is 0 Å². The number of carbonyl (C=O) groups excluding carboxylic acids is 2. The van der Waals surface area contributed by atoms with Crippen LogP contribution in [-0.4, -0.2) is 11.6 Å². The predicted molar refractivity (Wildman–Crippen MR) is 64.6 cm³/mol. The third kappa shape index (κ3) is 12.3. The Morgan fingerprint density at radius 3 is 0.941 bits per heavy atom. The molecule has 7 heteroatoms. The van der Waals surface area contributed by atoms with E-state index in [9.17, 15) is 19.8 Å². The van der Waals surface area contributed by atoms with Crippen LogP contribution in [0.4, 0.5) is 0 Å². The largest absolute Gasteiger partial charge is 2.00 e. The molecule has 0 aliphatic carbocycles. The average Bonchev–Trinajstić information content (AvgIpc) is 2.15. The molecule has 0 bridgehead atoms. The van der Waals surface area contributed by atoms with Gasteiger partial charge >= 0.3 is 20.4 Å². The van der Waals surface area contributed by atoms with Gasteiger partial charge in [0.2, 0.25) is 0 Å². The van der Waals surface area contributed by atoms with E-state index in [0.717, 1.165) is 0 Å². The molecule has 100 valence electrons. The van der Waals surface area contributed by atoms with Gasteiger partial charge in [-0.2, -0.15) is 0 Å². The van der Waals surface area contributed by atoms with E-state index >= 15 is 0 Å². The van der Waals surface area contributed by atoms with Gasteiger partial charge in [0.25, 0.3) is 0 Å². The Balaban J connectivity index is -0.000000218. The molecule has 4 nitrogen and oxygen atoms in total. The number of rotatable bonds is 2. The van der Waals surface area contributed by atoms with Gasteiger partial charge in [-0.1, -0.05) is 13.8 Å². The Hall–Kier alpha value is 0.0423. The van der Waals surface area contributed by atoms with E-state index in [0.29, 0.717) is 0 Å². The number of hydrogen-bond acceptors (Lipinski definition) is 4. The molecule has 0 aromatic heterocycles. The van der Waals surface area contributed by atoms with Gasteiger partial charge in [-0.15, -0.1) is 11.5 Å². The smallest absolute Gasteiger partial charge is 0.875 e. The fourth-order valence-corrected chi connectivity index (χ4v) is 0.496. The molecule has 0 atom stereocenters. The second-order valence-corrected chi connectivity index (χ2v) is 4.44. The molecule has 0 saturated carbocycles. The second kappa shape index (κ2) is 11.2. The molecule has 0 aliphatic heterocycles. The number of ketones is 2. The van der Waals surface area contributed by atoms with Crippen molar-refractivity contribution in [1.82, 2.24) is 0 Å². The van der Waals surface area contributed by atoms with Crippen molar-refractivity contribution in [1.29, 1.82) is 0 Å². The standard InChI is InChI=1S/2C5H7BrO2.Pd/c2*1-3(7)5(6)4(2)8;/h2*7H,1-2H3;/q;;+2/p-2/b5-3+;5-3-;. The summed E-state index contributed by atoms with van der Waals surface area (Å²) in [5.41, 5.74) is 0. The fraction of sp³-hybridized carbons (Fsp3) is 0.400. The molecule has 0 amide bonds. The van der Waals surface area contributed by atoms with Gasteiger partial charge in [0.05, 0.1) is 0 Å². The van der Waals surface area contributed by atoms with E-state index in [1.54, 1.807) is 0 Å². The summed E-state index contributed by atoms with van der Waals surface area (Å²) in [4.78, 5) is 20.6. The zero-order valence-corrected chi connectivity index (χ0v) is 14.4. The topological polar surface area (TPSA) is 80.3 Å². The summed E-state index contributed by atoms with van der Waals surface area (Å²) in [6.07, 6.45) is 0. The SMILES string of the molecule is CC(=O)/C(Br)=C(/C)[O-].CC(=O)/C(Br)=C(\C)[O-].[Pd+2]. The third-order valence-electron chi connectivity index (χ3n) is 1.24. The minimum atomic E-state index is -0.225. The van der Waals surface area contributed by atoms with Crippen molar-refractivity contribution in [2.24, 2.45) is 0 Å². The molecule has 0 saturated heterocycles. The van der Waals surface area contributed by atoms with E-state index in [1.165, 1.54) is 27.7 Å². The number of Topliss-reactive ketones (excluding diaryl/α,β-unsaturated/α-hetero) is 2. The molecule has 0 N–H and O–H groups in total. The molecule has 0 spiro atoms. The van der Waals surface area contributed by atoms with Crippen molar-refractivity contribution in [3.05, 3.63) is 20.5 Å². The third-order valence-corrected chi connectivity index (χ3v) is 3.47. The minimum absolute atomic E-state index is 0. The Kier molecular flexibility index (Phi) is 14.6. The summed E-state index contributed by atoms with van der Waals surface area (Å²) in [5.74, 6) is -0.898. The quantitative estimate of drug-likeness (QED) is 0.350.